The topological polar surface area (TPSA) is 64.7 Å². The fraction of sp³-hybridized carbons (Fsp3) is 0.588. The molecule has 4 aliphatic rings. The molecule has 2 N–H and O–H groups in total. The number of aryl methyl sites for hydroxylation is 2. The number of nitrogens with one attached hydrogen (secondary N) is 2. The van der Waals surface area contributed by atoms with Gasteiger partial charge in [0.25, 0.3) is 0 Å². The summed E-state index contributed by atoms with van der Waals surface area (Å²) in [6.07, 6.45) is 6.56. The van der Waals surface area contributed by atoms with Gasteiger partial charge in [-0.2, -0.15) is 0 Å². The van der Waals surface area contributed by atoms with Gasteiger partial charge in [0.05, 0.1) is 11.8 Å². The highest BCUT2D eigenvalue weighted by molar-refractivity contribution is 5.82. The average molecular weight is 543 g/mol. The Morgan fingerprint density at radius 2 is 1.02 bits per heavy atom. The molecule has 6 heteroatoms. The molecule has 8 atom stereocenters. The van der Waals surface area contributed by atoms with Gasteiger partial charge in [-0.05, 0) is 89.4 Å². The second kappa shape index (κ2) is 11.3. The lowest BCUT2D eigenvalue weighted by Gasteiger charge is -2.42. The Morgan fingerprint density at radius 1 is 0.650 bits per heavy atom. The lowest BCUT2D eigenvalue weighted by atomic mass is 9.75. The minimum absolute atomic E-state index is 0.0597. The predicted molar refractivity (Wildman–Crippen MR) is 159 cm³/mol. The van der Waals surface area contributed by atoms with E-state index in [0.717, 1.165) is 25.7 Å². The number of nitrogens with zero attached hydrogens (tertiary/aromatic N) is 2. The van der Waals surface area contributed by atoms with E-state index in [1.807, 2.05) is 0 Å². The van der Waals surface area contributed by atoms with Crippen LogP contribution in [-0.2, 0) is 9.59 Å². The van der Waals surface area contributed by atoms with Crippen molar-refractivity contribution in [2.24, 2.45) is 11.8 Å². The molecule has 4 heterocycles. The number of fused-ring (bicyclic) bond motifs is 4. The first-order chi connectivity index (χ1) is 19.3. The number of hydrogen-bond acceptors (Lipinski definition) is 4. The van der Waals surface area contributed by atoms with Gasteiger partial charge >= 0.3 is 0 Å². The quantitative estimate of drug-likeness (QED) is 0.510. The number of rotatable bonds is 7. The zero-order chi connectivity index (χ0) is 28.0. The van der Waals surface area contributed by atoms with Gasteiger partial charge in [0.15, 0.2) is 0 Å². The number of carbonyl (C=O) groups excluding carboxylic acids is 2. The van der Waals surface area contributed by atoms with Gasteiger partial charge in [-0.1, -0.05) is 59.7 Å². The monoisotopic (exact) mass is 542 g/mol. The molecule has 6 rings (SSSR count). The lowest BCUT2D eigenvalue weighted by Crippen LogP contribution is -2.53. The SMILES string of the molecule is Cc1ccc(C2CC3CCC(C2C(=O)NCCNC(=O)C2C(c4ccc(C)cc4)CC4CCC2N4C)N3C)cc1. The number of benzene rings is 2. The second-order valence-electron chi connectivity index (χ2n) is 13.1. The predicted octanol–water partition coefficient (Wildman–Crippen LogP) is 4.37. The third-order valence-electron chi connectivity index (χ3n) is 10.9. The van der Waals surface area contributed by atoms with Gasteiger partial charge < -0.3 is 10.6 Å². The Morgan fingerprint density at radius 3 is 1.40 bits per heavy atom. The summed E-state index contributed by atoms with van der Waals surface area (Å²) in [6, 6.07) is 19.2. The molecule has 4 aliphatic heterocycles. The molecule has 6 nitrogen and oxygen atoms in total. The Kier molecular flexibility index (Phi) is 7.75. The summed E-state index contributed by atoms with van der Waals surface area (Å²) in [7, 11) is 4.38. The maximum Gasteiger partial charge on any atom is 0.225 e. The molecule has 4 fully saturated rings. The van der Waals surface area contributed by atoms with Gasteiger partial charge in [-0.25, -0.2) is 0 Å². The molecular weight excluding hydrogens is 496 g/mol. The van der Waals surface area contributed by atoms with E-state index < -0.39 is 0 Å². The molecule has 0 aliphatic carbocycles. The van der Waals surface area contributed by atoms with Crippen LogP contribution in [0.2, 0.25) is 0 Å². The van der Waals surface area contributed by atoms with E-state index >= 15 is 0 Å². The number of carbonyl (C=O) groups is 2. The van der Waals surface area contributed by atoms with Crippen molar-refractivity contribution >= 4 is 11.8 Å². The van der Waals surface area contributed by atoms with Crippen molar-refractivity contribution in [1.82, 2.24) is 20.4 Å². The molecule has 0 aromatic heterocycles. The van der Waals surface area contributed by atoms with Crippen LogP contribution in [0.4, 0.5) is 0 Å². The summed E-state index contributed by atoms with van der Waals surface area (Å²) in [6.45, 7) is 5.15. The highest BCUT2D eigenvalue weighted by Crippen LogP contribution is 2.47. The minimum Gasteiger partial charge on any atom is -0.354 e. The van der Waals surface area contributed by atoms with Crippen LogP contribution in [0.3, 0.4) is 0 Å². The van der Waals surface area contributed by atoms with Gasteiger partial charge in [-0.3, -0.25) is 19.4 Å². The maximum absolute atomic E-state index is 13.7. The molecular formula is C34H46N4O2. The van der Waals surface area contributed by atoms with Crippen molar-refractivity contribution in [2.45, 2.75) is 88.4 Å². The number of piperidine rings is 2. The molecule has 40 heavy (non-hydrogen) atoms. The van der Waals surface area contributed by atoms with E-state index in [1.54, 1.807) is 0 Å². The Balaban J connectivity index is 1.10. The standard InChI is InChI=1S/C34H46N4O2/c1-21-5-9-23(10-6-21)27-19-25-13-15-29(37(25)3)31(27)33(39)35-17-18-36-34(40)32-28(24-11-7-22(2)8-12-24)20-26-14-16-30(32)38(26)4/h5-12,25-32H,13-20H2,1-4H3,(H,35,39)(H,36,40). The van der Waals surface area contributed by atoms with Crippen LogP contribution in [-0.4, -0.2) is 73.0 Å². The molecule has 0 spiro atoms. The van der Waals surface area contributed by atoms with E-state index in [1.165, 1.54) is 35.1 Å². The van der Waals surface area contributed by atoms with E-state index in [-0.39, 0.29) is 47.6 Å². The highest BCUT2D eigenvalue weighted by atomic mass is 16.2. The summed E-state index contributed by atoms with van der Waals surface area (Å²) in [5, 5.41) is 6.45. The molecule has 2 amide bonds. The van der Waals surface area contributed by atoms with Crippen LogP contribution >= 0.6 is 0 Å². The van der Waals surface area contributed by atoms with Gasteiger partial charge in [0.1, 0.15) is 0 Å². The summed E-state index contributed by atoms with van der Waals surface area (Å²) in [5.41, 5.74) is 5.06. The zero-order valence-corrected chi connectivity index (χ0v) is 24.6. The fourth-order valence-electron chi connectivity index (χ4n) is 8.57. The summed E-state index contributed by atoms with van der Waals surface area (Å²) >= 11 is 0. The maximum atomic E-state index is 13.7. The van der Waals surface area contributed by atoms with Crippen molar-refractivity contribution < 1.29 is 9.59 Å². The van der Waals surface area contributed by atoms with Crippen molar-refractivity contribution in [1.29, 1.82) is 0 Å². The van der Waals surface area contributed by atoms with Crippen molar-refractivity contribution in [2.75, 3.05) is 27.2 Å². The highest BCUT2D eigenvalue weighted by Gasteiger charge is 2.50. The first-order valence-electron chi connectivity index (χ1n) is 15.4. The molecule has 0 radical (unpaired) electrons. The summed E-state index contributed by atoms with van der Waals surface area (Å²) in [5.74, 6) is 0.627. The molecule has 0 saturated carbocycles. The smallest absolute Gasteiger partial charge is 0.225 e. The van der Waals surface area contributed by atoms with Crippen molar-refractivity contribution in [3.05, 3.63) is 70.8 Å². The minimum atomic E-state index is -0.0597. The van der Waals surface area contributed by atoms with Crippen molar-refractivity contribution in [3.8, 4) is 0 Å². The summed E-state index contributed by atoms with van der Waals surface area (Å²) in [4.78, 5) is 32.2. The second-order valence-corrected chi connectivity index (χ2v) is 13.1. The van der Waals surface area contributed by atoms with Crippen LogP contribution in [0.1, 0.15) is 72.6 Å². The van der Waals surface area contributed by atoms with Crippen molar-refractivity contribution in [3.63, 3.8) is 0 Å². The third-order valence-corrected chi connectivity index (χ3v) is 10.9. The zero-order valence-electron chi connectivity index (χ0n) is 24.6. The van der Waals surface area contributed by atoms with Crippen LogP contribution in [0, 0.1) is 25.7 Å². The Labute approximate surface area is 239 Å². The van der Waals surface area contributed by atoms with E-state index in [9.17, 15) is 9.59 Å². The number of hydrogen-bond donors (Lipinski definition) is 2. The number of amides is 2. The molecule has 8 unspecified atom stereocenters. The first-order valence-corrected chi connectivity index (χ1v) is 15.4. The van der Waals surface area contributed by atoms with Gasteiger partial charge in [0.2, 0.25) is 11.8 Å². The van der Waals surface area contributed by atoms with Crippen LogP contribution in [0.25, 0.3) is 0 Å². The van der Waals surface area contributed by atoms with Crippen LogP contribution in [0.5, 0.6) is 0 Å². The van der Waals surface area contributed by atoms with E-state index in [0.29, 0.717) is 25.2 Å². The van der Waals surface area contributed by atoms with E-state index in [4.69, 9.17) is 0 Å². The average Bonchev–Trinajstić information content (AvgIpc) is 3.31. The first kappa shape index (κ1) is 27.5. The van der Waals surface area contributed by atoms with Gasteiger partial charge in [0, 0.05) is 37.3 Å². The third kappa shape index (κ3) is 5.09. The largest absolute Gasteiger partial charge is 0.354 e. The Hall–Kier alpha value is -2.70. The molecule has 2 aromatic rings. The summed E-state index contributed by atoms with van der Waals surface area (Å²) < 4.78 is 0. The fourth-order valence-corrected chi connectivity index (χ4v) is 8.57. The molecule has 214 valence electrons. The van der Waals surface area contributed by atoms with Gasteiger partial charge in [-0.15, -0.1) is 0 Å². The lowest BCUT2D eigenvalue weighted by molar-refractivity contribution is -0.131. The molecule has 4 saturated heterocycles. The van der Waals surface area contributed by atoms with Crippen LogP contribution in [0.15, 0.2) is 48.5 Å². The van der Waals surface area contributed by atoms with E-state index in [2.05, 4.69) is 96.9 Å². The Bertz CT molecular complexity index is 1120. The van der Waals surface area contributed by atoms with Crippen LogP contribution < -0.4 is 10.6 Å². The molecule has 4 bridgehead atoms. The molecule has 2 aromatic carbocycles. The normalized spacial score (nSPS) is 33.6.